The first-order valence-electron chi connectivity index (χ1n) is 5.35. The monoisotopic (exact) mass is 255 g/mol. The number of ether oxygens (including phenoxy) is 1. The number of rotatable bonds is 2. The number of nitrogens with zero attached hydrogens (tertiary/aromatic N) is 1. The number of amides is 1. The predicted octanol–water partition coefficient (Wildman–Crippen LogP) is 1.45. The van der Waals surface area contributed by atoms with E-state index in [9.17, 15) is 9.90 Å². The molecule has 1 atom stereocenters. The van der Waals surface area contributed by atoms with E-state index in [-0.39, 0.29) is 19.1 Å². The fraction of sp³-hybridized carbons (Fsp3) is 0.417. The van der Waals surface area contributed by atoms with Crippen molar-refractivity contribution < 1.29 is 14.6 Å². The smallest absolute Gasteiger partial charge is 0.253 e. The van der Waals surface area contributed by atoms with Gasteiger partial charge in [-0.05, 0) is 31.2 Å². The van der Waals surface area contributed by atoms with Crippen LogP contribution in [0.2, 0.25) is 5.02 Å². The highest BCUT2D eigenvalue weighted by molar-refractivity contribution is 6.30. The van der Waals surface area contributed by atoms with E-state index in [0.717, 1.165) is 5.69 Å². The summed E-state index contributed by atoms with van der Waals surface area (Å²) < 4.78 is 5.34. The minimum absolute atomic E-state index is 0.0142. The summed E-state index contributed by atoms with van der Waals surface area (Å²) >= 11 is 5.80. The minimum Gasteiger partial charge on any atom is -0.393 e. The lowest BCUT2D eigenvalue weighted by atomic mass is 10.0. The van der Waals surface area contributed by atoms with Gasteiger partial charge in [0.25, 0.3) is 5.91 Å². The molecule has 0 bridgehead atoms. The molecule has 0 aromatic heterocycles. The van der Waals surface area contributed by atoms with Crippen LogP contribution in [0.4, 0.5) is 5.69 Å². The molecule has 0 radical (unpaired) electrons. The van der Waals surface area contributed by atoms with Gasteiger partial charge in [0.1, 0.15) is 12.2 Å². The highest BCUT2D eigenvalue weighted by Crippen LogP contribution is 2.25. The molecule has 92 valence electrons. The minimum atomic E-state index is -0.701. The maximum absolute atomic E-state index is 11.8. The maximum atomic E-state index is 11.8. The molecule has 0 saturated carbocycles. The van der Waals surface area contributed by atoms with E-state index in [4.69, 9.17) is 16.3 Å². The molecule has 17 heavy (non-hydrogen) atoms. The topological polar surface area (TPSA) is 49.8 Å². The SMILES string of the molecule is CC1(CO)CN(c2ccc(Cl)cc2)C(=O)CO1. The van der Waals surface area contributed by atoms with Crippen LogP contribution < -0.4 is 4.90 Å². The standard InChI is InChI=1S/C12H14ClNO3/c1-12(8-15)7-14(11(16)6-17-12)10-4-2-9(13)3-5-10/h2-5,15H,6-8H2,1H3. The Bertz CT molecular complexity index is 420. The molecule has 1 fully saturated rings. The quantitative estimate of drug-likeness (QED) is 0.870. The third-order valence-electron chi connectivity index (χ3n) is 2.81. The number of benzene rings is 1. The van der Waals surface area contributed by atoms with Gasteiger partial charge in [0.05, 0.1) is 13.2 Å². The van der Waals surface area contributed by atoms with Crippen LogP contribution in [0.15, 0.2) is 24.3 Å². The summed E-state index contributed by atoms with van der Waals surface area (Å²) in [4.78, 5) is 13.4. The van der Waals surface area contributed by atoms with Crippen LogP contribution in [0.5, 0.6) is 0 Å². The number of hydrogen-bond donors (Lipinski definition) is 1. The van der Waals surface area contributed by atoms with Crippen molar-refractivity contribution in [3.8, 4) is 0 Å². The molecule has 0 aliphatic carbocycles. The normalized spacial score (nSPS) is 25.1. The van der Waals surface area contributed by atoms with E-state index >= 15 is 0 Å². The van der Waals surface area contributed by atoms with E-state index in [0.29, 0.717) is 11.6 Å². The number of morpholine rings is 1. The molecule has 1 saturated heterocycles. The third kappa shape index (κ3) is 2.60. The Morgan fingerprint density at radius 1 is 1.47 bits per heavy atom. The van der Waals surface area contributed by atoms with Crippen molar-refractivity contribution in [2.24, 2.45) is 0 Å². The van der Waals surface area contributed by atoms with Crippen molar-refractivity contribution in [1.29, 1.82) is 0 Å². The Morgan fingerprint density at radius 3 is 2.71 bits per heavy atom. The lowest BCUT2D eigenvalue weighted by molar-refractivity contribution is -0.141. The Morgan fingerprint density at radius 2 is 2.12 bits per heavy atom. The van der Waals surface area contributed by atoms with E-state index in [2.05, 4.69) is 0 Å². The highest BCUT2D eigenvalue weighted by Gasteiger charge is 2.36. The average molecular weight is 256 g/mol. The summed E-state index contributed by atoms with van der Waals surface area (Å²) in [6.07, 6.45) is 0. The zero-order chi connectivity index (χ0) is 12.5. The number of hydrogen-bond acceptors (Lipinski definition) is 3. The van der Waals surface area contributed by atoms with Crippen molar-refractivity contribution in [3.05, 3.63) is 29.3 Å². The Balaban J connectivity index is 2.24. The van der Waals surface area contributed by atoms with Crippen LogP contribution in [0.25, 0.3) is 0 Å². The second kappa shape index (κ2) is 4.64. The Hall–Kier alpha value is -1.10. The zero-order valence-corrected chi connectivity index (χ0v) is 10.3. The fourth-order valence-corrected chi connectivity index (χ4v) is 1.86. The summed E-state index contributed by atoms with van der Waals surface area (Å²) in [5.74, 6) is -0.113. The molecule has 1 aliphatic heterocycles. The van der Waals surface area contributed by atoms with Crippen LogP contribution in [0, 0.1) is 0 Å². The lowest BCUT2D eigenvalue weighted by Crippen LogP contribution is -2.55. The maximum Gasteiger partial charge on any atom is 0.253 e. The first-order chi connectivity index (χ1) is 8.04. The van der Waals surface area contributed by atoms with Gasteiger partial charge in [0.15, 0.2) is 0 Å². The molecule has 1 N–H and O–H groups in total. The van der Waals surface area contributed by atoms with Crippen LogP contribution in [0.1, 0.15) is 6.92 Å². The molecule has 1 unspecified atom stereocenters. The van der Waals surface area contributed by atoms with Crippen LogP contribution >= 0.6 is 11.6 Å². The fourth-order valence-electron chi connectivity index (χ4n) is 1.73. The zero-order valence-electron chi connectivity index (χ0n) is 9.52. The number of aliphatic hydroxyl groups is 1. The number of carbonyl (C=O) groups is 1. The second-order valence-corrected chi connectivity index (χ2v) is 4.79. The molecule has 5 heteroatoms. The van der Waals surface area contributed by atoms with Gasteiger partial charge in [0, 0.05) is 10.7 Å². The van der Waals surface area contributed by atoms with Crippen LogP contribution in [0.3, 0.4) is 0 Å². The van der Waals surface area contributed by atoms with E-state index in [1.165, 1.54) is 0 Å². The Kier molecular flexibility index (Phi) is 3.38. The molecule has 1 aromatic rings. The van der Waals surface area contributed by atoms with Crippen molar-refractivity contribution in [2.75, 3.05) is 24.7 Å². The van der Waals surface area contributed by atoms with Gasteiger partial charge in [-0.2, -0.15) is 0 Å². The van der Waals surface area contributed by atoms with E-state index < -0.39 is 5.60 Å². The van der Waals surface area contributed by atoms with Crippen LogP contribution in [-0.2, 0) is 9.53 Å². The highest BCUT2D eigenvalue weighted by atomic mass is 35.5. The van der Waals surface area contributed by atoms with Crippen molar-refractivity contribution in [2.45, 2.75) is 12.5 Å². The molecule has 0 spiro atoms. The third-order valence-corrected chi connectivity index (χ3v) is 3.06. The molecule has 4 nitrogen and oxygen atoms in total. The summed E-state index contributed by atoms with van der Waals surface area (Å²) in [5.41, 5.74) is 0.0652. The summed E-state index contributed by atoms with van der Waals surface area (Å²) in [5, 5.41) is 9.89. The van der Waals surface area contributed by atoms with Crippen molar-refractivity contribution in [1.82, 2.24) is 0 Å². The summed E-state index contributed by atoms with van der Waals surface area (Å²) in [6, 6.07) is 7.03. The number of aliphatic hydroxyl groups excluding tert-OH is 1. The molecule has 1 amide bonds. The molecule has 1 heterocycles. The van der Waals surface area contributed by atoms with Crippen molar-refractivity contribution in [3.63, 3.8) is 0 Å². The first-order valence-corrected chi connectivity index (χ1v) is 5.73. The average Bonchev–Trinajstić information content (AvgIpc) is 2.34. The van der Waals surface area contributed by atoms with Gasteiger partial charge in [-0.3, -0.25) is 4.79 Å². The van der Waals surface area contributed by atoms with Crippen molar-refractivity contribution >= 4 is 23.2 Å². The summed E-state index contributed by atoms with van der Waals surface area (Å²) in [6.45, 7) is 1.98. The summed E-state index contributed by atoms with van der Waals surface area (Å²) in [7, 11) is 0. The Labute approximate surface area is 105 Å². The van der Waals surface area contributed by atoms with Crippen LogP contribution in [-0.4, -0.2) is 36.4 Å². The molecule has 1 aromatic carbocycles. The largest absolute Gasteiger partial charge is 0.393 e. The second-order valence-electron chi connectivity index (χ2n) is 4.35. The van der Waals surface area contributed by atoms with Gasteiger partial charge in [0.2, 0.25) is 0 Å². The van der Waals surface area contributed by atoms with Gasteiger partial charge in [-0.25, -0.2) is 0 Å². The predicted molar refractivity (Wildman–Crippen MR) is 65.2 cm³/mol. The van der Waals surface area contributed by atoms with Gasteiger partial charge < -0.3 is 14.7 Å². The molecular formula is C12H14ClNO3. The molecule has 1 aliphatic rings. The number of anilines is 1. The van der Waals surface area contributed by atoms with Gasteiger partial charge in [-0.1, -0.05) is 11.6 Å². The molecular weight excluding hydrogens is 242 g/mol. The van der Waals surface area contributed by atoms with Gasteiger partial charge >= 0.3 is 0 Å². The van der Waals surface area contributed by atoms with E-state index in [1.807, 2.05) is 0 Å². The number of halogens is 1. The number of carbonyl (C=O) groups excluding carboxylic acids is 1. The molecule has 2 rings (SSSR count). The lowest BCUT2D eigenvalue weighted by Gasteiger charge is -2.39. The van der Waals surface area contributed by atoms with E-state index in [1.54, 1.807) is 36.1 Å². The first kappa shape index (κ1) is 12.4. The van der Waals surface area contributed by atoms with Gasteiger partial charge in [-0.15, -0.1) is 0 Å².